The summed E-state index contributed by atoms with van der Waals surface area (Å²) in [6.07, 6.45) is 3.78. The summed E-state index contributed by atoms with van der Waals surface area (Å²) in [6.45, 7) is 4.11. The van der Waals surface area contributed by atoms with Crippen LogP contribution < -0.4 is 10.1 Å². The third kappa shape index (κ3) is 4.28. The number of carbonyl (C=O) groups excluding carboxylic acids is 1. The lowest BCUT2D eigenvalue weighted by Crippen LogP contribution is -2.21. The Bertz CT molecular complexity index is 984. The molecule has 3 aromatic rings. The number of hydrogen-bond acceptors (Lipinski definition) is 5. The number of aromatic nitrogens is 2. The Balaban J connectivity index is 1.49. The van der Waals surface area contributed by atoms with Crippen LogP contribution in [0.2, 0.25) is 0 Å². The topological polar surface area (TPSA) is 73.3 Å². The van der Waals surface area contributed by atoms with E-state index in [2.05, 4.69) is 15.3 Å². The van der Waals surface area contributed by atoms with Crippen molar-refractivity contribution >= 4 is 22.4 Å². The van der Waals surface area contributed by atoms with Crippen LogP contribution in [0.25, 0.3) is 10.8 Å². The van der Waals surface area contributed by atoms with Gasteiger partial charge in [0, 0.05) is 36.2 Å². The summed E-state index contributed by atoms with van der Waals surface area (Å²) >= 11 is 0. The van der Waals surface area contributed by atoms with E-state index in [9.17, 15) is 4.79 Å². The number of pyridine rings is 2. The summed E-state index contributed by atoms with van der Waals surface area (Å²) in [5, 5.41) is 4.80. The van der Waals surface area contributed by atoms with Gasteiger partial charge in [-0.25, -0.2) is 9.97 Å². The van der Waals surface area contributed by atoms with Gasteiger partial charge in [0.05, 0.1) is 6.61 Å². The van der Waals surface area contributed by atoms with Gasteiger partial charge >= 0.3 is 0 Å². The van der Waals surface area contributed by atoms with Crippen molar-refractivity contribution in [3.8, 4) is 5.88 Å². The quantitative estimate of drug-likeness (QED) is 0.728. The van der Waals surface area contributed by atoms with Crippen LogP contribution >= 0.6 is 0 Å². The highest BCUT2D eigenvalue weighted by molar-refractivity contribution is 6.04. The van der Waals surface area contributed by atoms with Crippen LogP contribution in [0.4, 0.5) is 5.69 Å². The second kappa shape index (κ2) is 8.35. The number of anilines is 1. The Kier molecular flexibility index (Phi) is 5.48. The summed E-state index contributed by atoms with van der Waals surface area (Å²) < 4.78 is 11.4. The van der Waals surface area contributed by atoms with Gasteiger partial charge in [0.15, 0.2) is 0 Å². The molecule has 0 spiro atoms. The molecular weight excluding hydrogens is 354 g/mol. The highest BCUT2D eigenvalue weighted by atomic mass is 16.5. The Morgan fingerprint density at radius 1 is 1.21 bits per heavy atom. The predicted molar refractivity (Wildman–Crippen MR) is 108 cm³/mol. The van der Waals surface area contributed by atoms with Gasteiger partial charge in [-0.2, -0.15) is 0 Å². The van der Waals surface area contributed by atoms with Gasteiger partial charge in [-0.15, -0.1) is 0 Å². The van der Waals surface area contributed by atoms with Crippen molar-refractivity contribution in [3.63, 3.8) is 0 Å². The highest BCUT2D eigenvalue weighted by Crippen LogP contribution is 2.27. The molecule has 2 aromatic heterocycles. The lowest BCUT2D eigenvalue weighted by atomic mass is 10.0. The summed E-state index contributed by atoms with van der Waals surface area (Å²) in [5.41, 5.74) is 1.92. The molecule has 4 rings (SSSR count). The van der Waals surface area contributed by atoms with Crippen LogP contribution in [0.1, 0.15) is 29.0 Å². The first-order valence-corrected chi connectivity index (χ1v) is 9.53. The Morgan fingerprint density at radius 3 is 2.89 bits per heavy atom. The molecule has 1 fully saturated rings. The van der Waals surface area contributed by atoms with Crippen molar-refractivity contribution in [2.45, 2.75) is 19.8 Å². The standard InChI is InChI=1S/C22H23N3O3/c1-15-3-2-4-20(24-15)21(26)25-18-5-6-19-17(13-18)7-10-23-22(19)28-14-16-8-11-27-12-9-16/h2-7,10,13,16H,8-9,11-12,14H2,1H3,(H,25,26). The molecule has 0 radical (unpaired) electrons. The number of nitrogens with one attached hydrogen (secondary N) is 1. The summed E-state index contributed by atoms with van der Waals surface area (Å²) in [7, 11) is 0. The van der Waals surface area contributed by atoms with E-state index in [1.165, 1.54) is 0 Å². The molecule has 144 valence electrons. The van der Waals surface area contributed by atoms with Crippen molar-refractivity contribution in [2.24, 2.45) is 5.92 Å². The van der Waals surface area contributed by atoms with E-state index in [-0.39, 0.29) is 5.91 Å². The van der Waals surface area contributed by atoms with Gasteiger partial charge < -0.3 is 14.8 Å². The lowest BCUT2D eigenvalue weighted by molar-refractivity contribution is 0.0493. The first-order chi connectivity index (χ1) is 13.7. The maximum absolute atomic E-state index is 12.4. The molecule has 1 aliphatic heterocycles. The van der Waals surface area contributed by atoms with Crippen LogP contribution in [-0.2, 0) is 4.74 Å². The number of hydrogen-bond donors (Lipinski definition) is 1. The zero-order valence-electron chi connectivity index (χ0n) is 15.9. The molecular formula is C22H23N3O3. The number of benzene rings is 1. The minimum absolute atomic E-state index is 0.229. The minimum atomic E-state index is -0.229. The van der Waals surface area contributed by atoms with E-state index < -0.39 is 0 Å². The lowest BCUT2D eigenvalue weighted by Gasteiger charge is -2.22. The van der Waals surface area contributed by atoms with Crippen LogP contribution in [0.3, 0.4) is 0 Å². The minimum Gasteiger partial charge on any atom is -0.477 e. The van der Waals surface area contributed by atoms with E-state index in [0.717, 1.165) is 42.5 Å². The van der Waals surface area contributed by atoms with Crippen LogP contribution in [0.15, 0.2) is 48.7 Å². The molecule has 6 nitrogen and oxygen atoms in total. The molecule has 1 amide bonds. The normalized spacial score (nSPS) is 14.8. The fourth-order valence-electron chi connectivity index (χ4n) is 3.32. The van der Waals surface area contributed by atoms with Crippen LogP contribution in [-0.4, -0.2) is 35.7 Å². The third-order valence-electron chi connectivity index (χ3n) is 4.90. The van der Waals surface area contributed by atoms with Gasteiger partial charge in [-0.05, 0) is 67.5 Å². The maximum Gasteiger partial charge on any atom is 0.274 e. The molecule has 6 heteroatoms. The first kappa shape index (κ1) is 18.4. The molecule has 1 saturated heterocycles. The number of carbonyl (C=O) groups is 1. The number of aryl methyl sites for hydroxylation is 1. The SMILES string of the molecule is Cc1cccc(C(=O)Nc2ccc3c(OCC4CCOCC4)nccc3c2)n1. The van der Waals surface area contributed by atoms with Crippen LogP contribution in [0, 0.1) is 12.8 Å². The fraction of sp³-hybridized carbons (Fsp3) is 0.318. The van der Waals surface area contributed by atoms with E-state index in [1.54, 1.807) is 12.3 Å². The summed E-state index contributed by atoms with van der Waals surface area (Å²) in [4.78, 5) is 21.1. The number of amides is 1. The maximum atomic E-state index is 12.4. The van der Waals surface area contributed by atoms with E-state index in [1.807, 2.05) is 43.3 Å². The number of ether oxygens (including phenoxy) is 2. The van der Waals surface area contributed by atoms with Gasteiger partial charge in [0.1, 0.15) is 5.69 Å². The van der Waals surface area contributed by atoms with Crippen molar-refractivity contribution in [3.05, 3.63) is 60.0 Å². The molecule has 0 saturated carbocycles. The number of fused-ring (bicyclic) bond motifs is 1. The Hall–Kier alpha value is -2.99. The number of nitrogens with zero attached hydrogens (tertiary/aromatic N) is 2. The fourth-order valence-corrected chi connectivity index (χ4v) is 3.32. The molecule has 3 heterocycles. The smallest absolute Gasteiger partial charge is 0.274 e. The monoisotopic (exact) mass is 377 g/mol. The summed E-state index contributed by atoms with van der Waals surface area (Å²) in [6, 6.07) is 13.0. The zero-order valence-corrected chi connectivity index (χ0v) is 15.9. The van der Waals surface area contributed by atoms with Gasteiger partial charge in [0.25, 0.3) is 5.91 Å². The molecule has 0 atom stereocenters. The molecule has 1 aliphatic rings. The van der Waals surface area contributed by atoms with E-state index in [4.69, 9.17) is 9.47 Å². The highest BCUT2D eigenvalue weighted by Gasteiger charge is 2.16. The molecule has 1 aromatic carbocycles. The third-order valence-corrected chi connectivity index (χ3v) is 4.90. The van der Waals surface area contributed by atoms with Crippen molar-refractivity contribution in [2.75, 3.05) is 25.1 Å². The van der Waals surface area contributed by atoms with Gasteiger partial charge in [0.2, 0.25) is 5.88 Å². The first-order valence-electron chi connectivity index (χ1n) is 9.53. The van der Waals surface area contributed by atoms with Gasteiger partial charge in [-0.1, -0.05) is 6.07 Å². The second-order valence-electron chi connectivity index (χ2n) is 7.04. The molecule has 0 unspecified atom stereocenters. The largest absolute Gasteiger partial charge is 0.477 e. The van der Waals surface area contributed by atoms with Crippen molar-refractivity contribution in [1.82, 2.24) is 9.97 Å². The Morgan fingerprint density at radius 2 is 2.07 bits per heavy atom. The Labute approximate surface area is 163 Å². The van der Waals surface area contributed by atoms with Crippen molar-refractivity contribution in [1.29, 1.82) is 0 Å². The molecule has 1 N–H and O–H groups in total. The second-order valence-corrected chi connectivity index (χ2v) is 7.04. The molecule has 0 aliphatic carbocycles. The zero-order chi connectivity index (χ0) is 19.3. The average molecular weight is 377 g/mol. The van der Waals surface area contributed by atoms with E-state index in [0.29, 0.717) is 29.8 Å². The molecule has 0 bridgehead atoms. The summed E-state index contributed by atoms with van der Waals surface area (Å²) in [5.74, 6) is 0.904. The van der Waals surface area contributed by atoms with Crippen LogP contribution in [0.5, 0.6) is 5.88 Å². The number of rotatable bonds is 5. The van der Waals surface area contributed by atoms with Gasteiger partial charge in [-0.3, -0.25) is 4.79 Å². The average Bonchev–Trinajstić information content (AvgIpc) is 2.72. The molecule has 28 heavy (non-hydrogen) atoms. The van der Waals surface area contributed by atoms with E-state index >= 15 is 0 Å². The predicted octanol–water partition coefficient (Wildman–Crippen LogP) is 4.00. The van der Waals surface area contributed by atoms with Crippen molar-refractivity contribution < 1.29 is 14.3 Å².